The first-order valence-corrected chi connectivity index (χ1v) is 5.55. The maximum Gasteiger partial charge on any atom is 0.156 e. The minimum absolute atomic E-state index is 0.0189. The molecule has 0 aromatic heterocycles. The van der Waals surface area contributed by atoms with Gasteiger partial charge in [-0.25, -0.2) is 0 Å². The van der Waals surface area contributed by atoms with Gasteiger partial charge < -0.3 is 9.47 Å². The standard InChI is InChI=1S/C12H24O2/c1-4-5-6-7-8-9-10-11-12(13-2)14-3/h6-7,12H,4-5,8-11H2,1-3H3/b7-6+. The van der Waals surface area contributed by atoms with Crippen molar-refractivity contribution in [3.05, 3.63) is 12.2 Å². The van der Waals surface area contributed by atoms with Crippen molar-refractivity contribution in [1.82, 2.24) is 0 Å². The van der Waals surface area contributed by atoms with Crippen LogP contribution in [0.2, 0.25) is 0 Å². The third kappa shape index (κ3) is 8.27. The van der Waals surface area contributed by atoms with Crippen LogP contribution in [-0.4, -0.2) is 20.5 Å². The molecule has 0 heterocycles. The molecule has 0 aromatic carbocycles. The summed E-state index contributed by atoms with van der Waals surface area (Å²) in [4.78, 5) is 0. The van der Waals surface area contributed by atoms with Gasteiger partial charge in [0.15, 0.2) is 6.29 Å². The van der Waals surface area contributed by atoms with E-state index in [-0.39, 0.29) is 6.29 Å². The van der Waals surface area contributed by atoms with Crippen LogP contribution in [0, 0.1) is 0 Å². The molecule has 0 N–H and O–H groups in total. The summed E-state index contributed by atoms with van der Waals surface area (Å²) in [6, 6.07) is 0. The van der Waals surface area contributed by atoms with Crippen molar-refractivity contribution in [3.8, 4) is 0 Å². The SMILES string of the molecule is CCC/C=C/CCCCC(OC)OC. The van der Waals surface area contributed by atoms with E-state index >= 15 is 0 Å². The second-order valence-corrected chi connectivity index (χ2v) is 3.45. The first-order valence-electron chi connectivity index (χ1n) is 5.55. The van der Waals surface area contributed by atoms with Crippen LogP contribution < -0.4 is 0 Å². The van der Waals surface area contributed by atoms with Gasteiger partial charge in [0.1, 0.15) is 0 Å². The molecule has 0 spiro atoms. The molecule has 14 heavy (non-hydrogen) atoms. The third-order valence-electron chi connectivity index (χ3n) is 2.21. The molecule has 0 rings (SSSR count). The van der Waals surface area contributed by atoms with Crippen molar-refractivity contribution in [2.24, 2.45) is 0 Å². The lowest BCUT2D eigenvalue weighted by atomic mass is 10.1. The maximum atomic E-state index is 5.10. The van der Waals surface area contributed by atoms with Gasteiger partial charge in [0, 0.05) is 14.2 Å². The largest absolute Gasteiger partial charge is 0.356 e. The highest BCUT2D eigenvalue weighted by atomic mass is 16.7. The van der Waals surface area contributed by atoms with Crippen molar-refractivity contribution < 1.29 is 9.47 Å². The monoisotopic (exact) mass is 200 g/mol. The van der Waals surface area contributed by atoms with E-state index in [1.807, 2.05) is 0 Å². The van der Waals surface area contributed by atoms with Gasteiger partial charge in [-0.1, -0.05) is 25.5 Å². The van der Waals surface area contributed by atoms with Crippen LogP contribution in [0.1, 0.15) is 45.4 Å². The summed E-state index contributed by atoms with van der Waals surface area (Å²) < 4.78 is 10.2. The Hall–Kier alpha value is -0.340. The fraction of sp³-hybridized carbons (Fsp3) is 0.833. The lowest BCUT2D eigenvalue weighted by molar-refractivity contribution is -0.107. The molecule has 0 saturated carbocycles. The van der Waals surface area contributed by atoms with E-state index in [2.05, 4.69) is 19.1 Å². The van der Waals surface area contributed by atoms with Gasteiger partial charge >= 0.3 is 0 Å². The molecule has 0 aliphatic carbocycles. The van der Waals surface area contributed by atoms with Gasteiger partial charge in [-0.15, -0.1) is 0 Å². The predicted molar refractivity (Wildman–Crippen MR) is 60.3 cm³/mol. The predicted octanol–water partition coefficient (Wildman–Crippen LogP) is 3.52. The van der Waals surface area contributed by atoms with Crippen LogP contribution in [0.25, 0.3) is 0 Å². The zero-order valence-electron chi connectivity index (χ0n) is 9.79. The number of unbranched alkanes of at least 4 members (excludes halogenated alkanes) is 3. The van der Waals surface area contributed by atoms with Crippen LogP contribution in [0.5, 0.6) is 0 Å². The molecule has 0 radical (unpaired) electrons. The third-order valence-corrected chi connectivity index (χ3v) is 2.21. The van der Waals surface area contributed by atoms with Gasteiger partial charge in [0.25, 0.3) is 0 Å². The molecule has 0 fully saturated rings. The molecule has 0 saturated heterocycles. The van der Waals surface area contributed by atoms with Crippen molar-refractivity contribution in [1.29, 1.82) is 0 Å². The summed E-state index contributed by atoms with van der Waals surface area (Å²) >= 11 is 0. The molecule has 0 bridgehead atoms. The van der Waals surface area contributed by atoms with Crippen LogP contribution in [0.4, 0.5) is 0 Å². The number of ether oxygens (including phenoxy) is 2. The highest BCUT2D eigenvalue weighted by Crippen LogP contribution is 2.07. The van der Waals surface area contributed by atoms with Crippen LogP contribution >= 0.6 is 0 Å². The van der Waals surface area contributed by atoms with E-state index in [1.165, 1.54) is 32.1 Å². The first-order chi connectivity index (χ1) is 6.85. The lowest BCUT2D eigenvalue weighted by Gasteiger charge is -2.11. The Bertz CT molecular complexity index is 128. The van der Waals surface area contributed by atoms with E-state index < -0.39 is 0 Å². The molecule has 0 atom stereocenters. The van der Waals surface area contributed by atoms with Gasteiger partial charge in [-0.05, 0) is 32.1 Å². The second-order valence-electron chi connectivity index (χ2n) is 3.45. The summed E-state index contributed by atoms with van der Waals surface area (Å²) in [5.41, 5.74) is 0. The quantitative estimate of drug-likeness (QED) is 0.322. The van der Waals surface area contributed by atoms with E-state index in [0.717, 1.165) is 6.42 Å². The van der Waals surface area contributed by atoms with Gasteiger partial charge in [-0.2, -0.15) is 0 Å². The maximum absolute atomic E-state index is 5.10. The number of hydrogen-bond donors (Lipinski definition) is 0. The van der Waals surface area contributed by atoms with Crippen molar-refractivity contribution >= 4 is 0 Å². The Labute approximate surface area is 88.3 Å². The van der Waals surface area contributed by atoms with Gasteiger partial charge in [-0.3, -0.25) is 0 Å². The van der Waals surface area contributed by atoms with E-state index in [9.17, 15) is 0 Å². The average Bonchev–Trinajstić information content (AvgIpc) is 2.22. The normalized spacial score (nSPS) is 11.7. The Kier molecular flexibility index (Phi) is 10.5. The van der Waals surface area contributed by atoms with Crippen LogP contribution in [0.15, 0.2) is 12.2 Å². The molecule has 2 heteroatoms. The topological polar surface area (TPSA) is 18.5 Å². The molecular weight excluding hydrogens is 176 g/mol. The fourth-order valence-corrected chi connectivity index (χ4v) is 1.31. The van der Waals surface area contributed by atoms with E-state index in [4.69, 9.17) is 9.47 Å². The van der Waals surface area contributed by atoms with E-state index in [0.29, 0.717) is 0 Å². The Morgan fingerprint density at radius 2 is 1.64 bits per heavy atom. The highest BCUT2D eigenvalue weighted by molar-refractivity contribution is 4.80. The summed E-state index contributed by atoms with van der Waals surface area (Å²) in [5.74, 6) is 0. The molecule has 0 aliphatic rings. The molecule has 2 nitrogen and oxygen atoms in total. The molecule has 0 aromatic rings. The summed E-state index contributed by atoms with van der Waals surface area (Å²) in [5, 5.41) is 0. The Balaban J connectivity index is 3.19. The molecule has 84 valence electrons. The molecule has 0 unspecified atom stereocenters. The van der Waals surface area contributed by atoms with Crippen LogP contribution in [0.3, 0.4) is 0 Å². The first kappa shape index (κ1) is 13.7. The Morgan fingerprint density at radius 3 is 2.21 bits per heavy atom. The van der Waals surface area contributed by atoms with Crippen molar-refractivity contribution in [3.63, 3.8) is 0 Å². The minimum Gasteiger partial charge on any atom is -0.356 e. The van der Waals surface area contributed by atoms with Crippen molar-refractivity contribution in [2.45, 2.75) is 51.7 Å². The molecular formula is C12H24O2. The summed E-state index contributed by atoms with van der Waals surface area (Å²) in [6.45, 7) is 2.20. The second kappa shape index (κ2) is 10.7. The average molecular weight is 200 g/mol. The molecule has 0 amide bonds. The van der Waals surface area contributed by atoms with Gasteiger partial charge in [0.2, 0.25) is 0 Å². The van der Waals surface area contributed by atoms with Crippen molar-refractivity contribution in [2.75, 3.05) is 14.2 Å². The number of methoxy groups -OCH3 is 2. The number of allylic oxidation sites excluding steroid dienone is 2. The van der Waals surface area contributed by atoms with Crippen LogP contribution in [-0.2, 0) is 9.47 Å². The zero-order chi connectivity index (χ0) is 10.6. The van der Waals surface area contributed by atoms with E-state index in [1.54, 1.807) is 14.2 Å². The molecule has 0 aliphatic heterocycles. The number of rotatable bonds is 9. The smallest absolute Gasteiger partial charge is 0.156 e. The minimum atomic E-state index is -0.0189. The zero-order valence-corrected chi connectivity index (χ0v) is 9.79. The van der Waals surface area contributed by atoms with Gasteiger partial charge in [0.05, 0.1) is 0 Å². The summed E-state index contributed by atoms with van der Waals surface area (Å²) in [7, 11) is 3.38. The Morgan fingerprint density at radius 1 is 1.00 bits per heavy atom. The lowest BCUT2D eigenvalue weighted by Crippen LogP contribution is -2.12. The summed E-state index contributed by atoms with van der Waals surface area (Å²) in [6.07, 6.45) is 11.5. The number of hydrogen-bond acceptors (Lipinski definition) is 2. The fourth-order valence-electron chi connectivity index (χ4n) is 1.31. The highest BCUT2D eigenvalue weighted by Gasteiger charge is 2.02.